The number of Topliss-reactive ketones (excluding diaryl/α,β-unsaturated/α-hetero) is 1. The van der Waals surface area contributed by atoms with Gasteiger partial charge in [0.25, 0.3) is 0 Å². The normalized spacial score (nSPS) is 13.2. The third-order valence-corrected chi connectivity index (χ3v) is 5.13. The van der Waals surface area contributed by atoms with Crippen LogP contribution in [-0.2, 0) is 4.74 Å². The molecule has 1 aliphatic heterocycles. The molecule has 0 bridgehead atoms. The molecular formula is C20H16O5S. The van der Waals surface area contributed by atoms with E-state index in [2.05, 4.69) is 0 Å². The van der Waals surface area contributed by atoms with Gasteiger partial charge < -0.3 is 14.2 Å². The van der Waals surface area contributed by atoms with E-state index in [1.165, 1.54) is 11.3 Å². The number of fused-ring (bicyclic) bond motifs is 2. The number of benzene rings is 2. The zero-order chi connectivity index (χ0) is 17.9. The predicted molar refractivity (Wildman–Crippen MR) is 98.5 cm³/mol. The Balaban J connectivity index is 1.43. The van der Waals surface area contributed by atoms with Gasteiger partial charge in [-0.2, -0.15) is 0 Å². The summed E-state index contributed by atoms with van der Waals surface area (Å²) >= 11 is 1.35. The summed E-state index contributed by atoms with van der Waals surface area (Å²) in [7, 11) is 0. The smallest absolute Gasteiger partial charge is 0.348 e. The predicted octanol–water partition coefficient (Wildman–Crippen LogP) is 4.10. The van der Waals surface area contributed by atoms with Crippen molar-refractivity contribution in [1.29, 1.82) is 0 Å². The number of carbonyl (C=O) groups is 2. The Kier molecular flexibility index (Phi) is 4.58. The summed E-state index contributed by atoms with van der Waals surface area (Å²) in [6.45, 7) is 0.825. The van der Waals surface area contributed by atoms with E-state index in [9.17, 15) is 9.59 Å². The Hall–Kier alpha value is -2.86. The topological polar surface area (TPSA) is 61.8 Å². The minimum atomic E-state index is -0.492. The number of ketones is 1. The highest BCUT2D eigenvalue weighted by Gasteiger charge is 2.17. The zero-order valence-corrected chi connectivity index (χ0v) is 14.7. The number of esters is 1. The van der Waals surface area contributed by atoms with Crippen molar-refractivity contribution in [3.63, 3.8) is 0 Å². The summed E-state index contributed by atoms with van der Waals surface area (Å²) in [6, 6.07) is 14.5. The lowest BCUT2D eigenvalue weighted by Gasteiger charge is -2.09. The first-order valence-electron chi connectivity index (χ1n) is 8.29. The van der Waals surface area contributed by atoms with E-state index in [0.29, 0.717) is 35.2 Å². The summed E-state index contributed by atoms with van der Waals surface area (Å²) in [5.41, 5.74) is 0.429. The zero-order valence-electron chi connectivity index (χ0n) is 13.9. The Morgan fingerprint density at radius 3 is 2.65 bits per heavy atom. The van der Waals surface area contributed by atoms with Crippen LogP contribution in [0, 0.1) is 0 Å². The van der Waals surface area contributed by atoms with Crippen molar-refractivity contribution in [3.8, 4) is 11.5 Å². The van der Waals surface area contributed by atoms with Gasteiger partial charge in [-0.05, 0) is 35.7 Å². The second-order valence-electron chi connectivity index (χ2n) is 5.86. The van der Waals surface area contributed by atoms with Gasteiger partial charge in [0.1, 0.15) is 4.88 Å². The molecule has 1 aliphatic rings. The van der Waals surface area contributed by atoms with Crippen LogP contribution in [0.25, 0.3) is 10.1 Å². The Morgan fingerprint density at radius 1 is 1.00 bits per heavy atom. The molecule has 0 N–H and O–H groups in total. The molecule has 6 heteroatoms. The number of hydrogen-bond acceptors (Lipinski definition) is 6. The van der Waals surface area contributed by atoms with E-state index in [4.69, 9.17) is 14.2 Å². The number of hydrogen-bond donors (Lipinski definition) is 0. The monoisotopic (exact) mass is 368 g/mol. The van der Waals surface area contributed by atoms with Crippen LogP contribution >= 0.6 is 11.3 Å². The molecule has 2 heterocycles. The third-order valence-electron chi connectivity index (χ3n) is 4.03. The fourth-order valence-corrected chi connectivity index (χ4v) is 3.66. The molecule has 0 amide bonds. The van der Waals surface area contributed by atoms with Gasteiger partial charge in [0.2, 0.25) is 0 Å². The van der Waals surface area contributed by atoms with Crippen LogP contribution in [-0.4, -0.2) is 31.6 Å². The van der Waals surface area contributed by atoms with Crippen LogP contribution in [0.4, 0.5) is 0 Å². The van der Waals surface area contributed by atoms with Gasteiger partial charge in [-0.1, -0.05) is 18.2 Å². The van der Waals surface area contributed by atoms with Crippen LogP contribution in [0.15, 0.2) is 48.5 Å². The largest absolute Gasteiger partial charge is 0.490 e. The van der Waals surface area contributed by atoms with E-state index in [1.54, 1.807) is 24.3 Å². The van der Waals surface area contributed by atoms with Crippen molar-refractivity contribution in [2.24, 2.45) is 0 Å². The summed E-state index contributed by atoms with van der Waals surface area (Å²) in [6.07, 6.45) is 0.796. The molecule has 0 radical (unpaired) electrons. The van der Waals surface area contributed by atoms with Gasteiger partial charge in [0.15, 0.2) is 23.9 Å². The van der Waals surface area contributed by atoms with Crippen molar-refractivity contribution in [2.75, 3.05) is 19.8 Å². The highest BCUT2D eigenvalue weighted by molar-refractivity contribution is 7.20. The van der Waals surface area contributed by atoms with Gasteiger partial charge in [0.05, 0.1) is 13.2 Å². The lowest BCUT2D eigenvalue weighted by Crippen LogP contribution is -2.13. The van der Waals surface area contributed by atoms with E-state index >= 15 is 0 Å². The van der Waals surface area contributed by atoms with Crippen LogP contribution in [0.1, 0.15) is 26.5 Å². The molecule has 0 spiro atoms. The Labute approximate surface area is 154 Å². The fourth-order valence-electron chi connectivity index (χ4n) is 2.70. The van der Waals surface area contributed by atoms with Crippen LogP contribution in [0.3, 0.4) is 0 Å². The maximum Gasteiger partial charge on any atom is 0.348 e. The van der Waals surface area contributed by atoms with Crippen LogP contribution in [0.2, 0.25) is 0 Å². The van der Waals surface area contributed by atoms with Gasteiger partial charge in [-0.25, -0.2) is 4.79 Å². The first-order valence-corrected chi connectivity index (χ1v) is 9.11. The molecule has 0 atom stereocenters. The van der Waals surface area contributed by atoms with Crippen LogP contribution in [0.5, 0.6) is 11.5 Å². The SMILES string of the molecule is O=C(COC(=O)c1cc2ccccc2s1)c1ccc2c(c1)OCCCO2. The van der Waals surface area contributed by atoms with Crippen molar-refractivity contribution in [2.45, 2.75) is 6.42 Å². The lowest BCUT2D eigenvalue weighted by atomic mass is 10.1. The van der Waals surface area contributed by atoms with Crippen molar-refractivity contribution < 1.29 is 23.8 Å². The summed E-state index contributed by atoms with van der Waals surface area (Å²) in [4.78, 5) is 25.1. The Bertz CT molecular complexity index is 942. The van der Waals surface area contributed by atoms with Crippen molar-refractivity contribution in [3.05, 3.63) is 59.0 Å². The molecule has 0 fully saturated rings. The van der Waals surface area contributed by atoms with E-state index in [-0.39, 0.29) is 12.4 Å². The maximum absolute atomic E-state index is 12.4. The minimum absolute atomic E-state index is 0.282. The van der Waals surface area contributed by atoms with E-state index in [1.807, 2.05) is 24.3 Å². The van der Waals surface area contributed by atoms with Crippen molar-refractivity contribution in [1.82, 2.24) is 0 Å². The van der Waals surface area contributed by atoms with Crippen LogP contribution < -0.4 is 9.47 Å². The molecule has 1 aromatic heterocycles. The van der Waals surface area contributed by atoms with E-state index < -0.39 is 5.97 Å². The molecule has 0 saturated heterocycles. The first kappa shape index (κ1) is 16.6. The number of rotatable bonds is 4. The van der Waals surface area contributed by atoms with Crippen molar-refractivity contribution >= 4 is 33.2 Å². The van der Waals surface area contributed by atoms with Gasteiger partial charge in [-0.3, -0.25) is 4.79 Å². The number of carbonyl (C=O) groups excluding carboxylic acids is 2. The summed E-state index contributed by atoms with van der Waals surface area (Å²) < 4.78 is 17.3. The summed E-state index contributed by atoms with van der Waals surface area (Å²) in [5, 5.41) is 0.985. The quantitative estimate of drug-likeness (QED) is 0.512. The standard InChI is InChI=1S/C20H16O5S/c21-15(13-6-7-16-17(10-13)24-9-3-8-23-16)12-25-20(22)19-11-14-4-1-2-5-18(14)26-19/h1-2,4-7,10-11H,3,8-9,12H2. The van der Waals surface area contributed by atoms with Gasteiger partial charge in [-0.15, -0.1) is 11.3 Å². The lowest BCUT2D eigenvalue weighted by molar-refractivity contribution is 0.0479. The maximum atomic E-state index is 12.4. The molecule has 0 unspecified atom stereocenters. The molecule has 0 saturated carbocycles. The number of thiophene rings is 1. The molecular weight excluding hydrogens is 352 g/mol. The highest BCUT2D eigenvalue weighted by Crippen LogP contribution is 2.30. The molecule has 26 heavy (non-hydrogen) atoms. The molecule has 3 aromatic rings. The average Bonchev–Trinajstić information content (AvgIpc) is 2.96. The number of ether oxygens (including phenoxy) is 3. The average molecular weight is 368 g/mol. The second kappa shape index (κ2) is 7.17. The highest BCUT2D eigenvalue weighted by atomic mass is 32.1. The summed E-state index contributed by atoms with van der Waals surface area (Å²) in [5.74, 6) is 0.398. The molecule has 132 valence electrons. The molecule has 0 aliphatic carbocycles. The Morgan fingerprint density at radius 2 is 1.81 bits per heavy atom. The van der Waals surface area contributed by atoms with E-state index in [0.717, 1.165) is 16.5 Å². The first-order chi connectivity index (χ1) is 12.7. The molecule has 5 nitrogen and oxygen atoms in total. The minimum Gasteiger partial charge on any atom is -0.490 e. The third kappa shape index (κ3) is 3.41. The van der Waals surface area contributed by atoms with Gasteiger partial charge >= 0.3 is 5.97 Å². The molecule has 4 rings (SSSR count). The van der Waals surface area contributed by atoms with Gasteiger partial charge in [0, 0.05) is 16.7 Å². The second-order valence-corrected chi connectivity index (χ2v) is 6.94. The molecule has 2 aromatic carbocycles. The fraction of sp³-hybridized carbons (Fsp3) is 0.200.